The van der Waals surface area contributed by atoms with Gasteiger partial charge in [-0.3, -0.25) is 0 Å². The monoisotopic (exact) mass is 187 g/mol. The van der Waals surface area contributed by atoms with Gasteiger partial charge in [0.25, 0.3) is 0 Å². The molecule has 13 heavy (non-hydrogen) atoms. The first-order chi connectivity index (χ1) is 6.15. The molecule has 0 aromatic rings. The third kappa shape index (κ3) is 5.27. The summed E-state index contributed by atoms with van der Waals surface area (Å²) in [6.45, 7) is 11.8. The van der Waals surface area contributed by atoms with E-state index >= 15 is 0 Å². The van der Waals surface area contributed by atoms with Gasteiger partial charge in [0.2, 0.25) is 0 Å². The van der Waals surface area contributed by atoms with Gasteiger partial charge < -0.3 is 10.0 Å². The lowest BCUT2D eigenvalue weighted by Gasteiger charge is -2.22. The third-order valence-electron chi connectivity index (χ3n) is 2.94. The summed E-state index contributed by atoms with van der Waals surface area (Å²) in [5.41, 5.74) is 0. The lowest BCUT2D eigenvalue weighted by molar-refractivity contribution is 0.0922. The van der Waals surface area contributed by atoms with E-state index in [4.69, 9.17) is 0 Å². The van der Waals surface area contributed by atoms with Crippen molar-refractivity contribution in [2.75, 3.05) is 19.6 Å². The molecule has 80 valence electrons. The molecule has 0 aliphatic heterocycles. The van der Waals surface area contributed by atoms with Crippen LogP contribution in [0.25, 0.3) is 0 Å². The summed E-state index contributed by atoms with van der Waals surface area (Å²) in [6.07, 6.45) is 1.86. The van der Waals surface area contributed by atoms with Crippen molar-refractivity contribution in [1.29, 1.82) is 0 Å². The molecule has 2 nitrogen and oxygen atoms in total. The lowest BCUT2D eigenvalue weighted by atomic mass is 9.99. The molecule has 2 heteroatoms. The highest BCUT2D eigenvalue weighted by atomic mass is 16.3. The summed E-state index contributed by atoms with van der Waals surface area (Å²) in [5, 5.41) is 9.73. The zero-order valence-electron chi connectivity index (χ0n) is 9.58. The van der Waals surface area contributed by atoms with Crippen LogP contribution >= 0.6 is 0 Å². The Bertz CT molecular complexity index is 113. The summed E-state index contributed by atoms with van der Waals surface area (Å²) in [6, 6.07) is 0. The Morgan fingerprint density at radius 1 is 1.15 bits per heavy atom. The predicted octanol–water partition coefficient (Wildman–Crippen LogP) is 2.13. The largest absolute Gasteiger partial charge is 0.393 e. The maximum atomic E-state index is 9.73. The summed E-state index contributed by atoms with van der Waals surface area (Å²) in [7, 11) is 0. The van der Waals surface area contributed by atoms with Crippen LogP contribution in [0.4, 0.5) is 0 Å². The van der Waals surface area contributed by atoms with E-state index in [0.717, 1.165) is 32.5 Å². The number of hydrogen-bond donors (Lipinski definition) is 1. The highest BCUT2D eigenvalue weighted by Gasteiger charge is 2.12. The minimum atomic E-state index is -0.120. The van der Waals surface area contributed by atoms with Gasteiger partial charge in [0.05, 0.1) is 6.10 Å². The normalized spacial score (nSPS) is 16.2. The van der Waals surface area contributed by atoms with Gasteiger partial charge in [0, 0.05) is 6.54 Å². The molecule has 1 N–H and O–H groups in total. The van der Waals surface area contributed by atoms with Crippen LogP contribution in [0.1, 0.15) is 40.5 Å². The van der Waals surface area contributed by atoms with Crippen molar-refractivity contribution in [3.63, 3.8) is 0 Å². The van der Waals surface area contributed by atoms with Crippen LogP contribution in [0.5, 0.6) is 0 Å². The average molecular weight is 187 g/mol. The molecule has 0 aliphatic carbocycles. The van der Waals surface area contributed by atoms with Gasteiger partial charge in [-0.15, -0.1) is 0 Å². The first-order valence-corrected chi connectivity index (χ1v) is 5.56. The Balaban J connectivity index is 3.61. The Kier molecular flexibility index (Phi) is 7.29. The fraction of sp³-hybridized carbons (Fsp3) is 1.00. The van der Waals surface area contributed by atoms with Crippen molar-refractivity contribution in [1.82, 2.24) is 4.90 Å². The minimum Gasteiger partial charge on any atom is -0.393 e. The second-order valence-corrected chi connectivity index (χ2v) is 3.77. The van der Waals surface area contributed by atoms with Crippen LogP contribution < -0.4 is 0 Å². The van der Waals surface area contributed by atoms with E-state index in [-0.39, 0.29) is 6.10 Å². The Labute approximate surface area is 82.9 Å². The molecule has 0 spiro atoms. The van der Waals surface area contributed by atoms with Crippen LogP contribution in [0.15, 0.2) is 0 Å². The molecule has 0 radical (unpaired) electrons. The molecule has 0 bridgehead atoms. The molecule has 2 atom stereocenters. The summed E-state index contributed by atoms with van der Waals surface area (Å²) in [5.74, 6) is 0.440. The van der Waals surface area contributed by atoms with Gasteiger partial charge in [-0.25, -0.2) is 0 Å². The second kappa shape index (κ2) is 7.34. The molecular weight excluding hydrogens is 162 g/mol. The van der Waals surface area contributed by atoms with E-state index in [1.54, 1.807) is 0 Å². The van der Waals surface area contributed by atoms with E-state index in [1.807, 2.05) is 0 Å². The topological polar surface area (TPSA) is 23.5 Å². The molecule has 0 aromatic carbocycles. The number of hydrogen-bond acceptors (Lipinski definition) is 2. The van der Waals surface area contributed by atoms with Crippen molar-refractivity contribution in [3.8, 4) is 0 Å². The Morgan fingerprint density at radius 2 is 1.69 bits per heavy atom. The standard InChI is InChI=1S/C11H25NO/c1-5-10(4)11(13)8-9-12(6-2)7-3/h10-11,13H,5-9H2,1-4H3. The fourth-order valence-electron chi connectivity index (χ4n) is 1.41. The maximum absolute atomic E-state index is 9.73. The Morgan fingerprint density at radius 3 is 2.08 bits per heavy atom. The summed E-state index contributed by atoms with van der Waals surface area (Å²) in [4.78, 5) is 2.35. The molecule has 0 fully saturated rings. The van der Waals surface area contributed by atoms with Crippen LogP contribution in [-0.4, -0.2) is 35.7 Å². The summed E-state index contributed by atoms with van der Waals surface area (Å²) >= 11 is 0. The molecule has 0 saturated carbocycles. The predicted molar refractivity (Wildman–Crippen MR) is 57.9 cm³/mol. The van der Waals surface area contributed by atoms with Crippen molar-refractivity contribution < 1.29 is 5.11 Å². The zero-order chi connectivity index (χ0) is 10.3. The number of aliphatic hydroxyl groups is 1. The third-order valence-corrected chi connectivity index (χ3v) is 2.94. The first-order valence-electron chi connectivity index (χ1n) is 5.56. The molecule has 0 aromatic heterocycles. The van der Waals surface area contributed by atoms with Crippen molar-refractivity contribution >= 4 is 0 Å². The number of nitrogens with zero attached hydrogens (tertiary/aromatic N) is 1. The highest BCUT2D eigenvalue weighted by Crippen LogP contribution is 2.11. The van der Waals surface area contributed by atoms with Crippen LogP contribution in [-0.2, 0) is 0 Å². The number of rotatable bonds is 7. The smallest absolute Gasteiger partial charge is 0.0577 e. The molecular formula is C11H25NO. The van der Waals surface area contributed by atoms with Crippen molar-refractivity contribution in [2.24, 2.45) is 5.92 Å². The van der Waals surface area contributed by atoms with Gasteiger partial charge in [-0.05, 0) is 25.4 Å². The van der Waals surface area contributed by atoms with Gasteiger partial charge >= 0.3 is 0 Å². The van der Waals surface area contributed by atoms with E-state index in [1.165, 1.54) is 0 Å². The van der Waals surface area contributed by atoms with Gasteiger partial charge in [0.1, 0.15) is 0 Å². The van der Waals surface area contributed by atoms with E-state index in [2.05, 4.69) is 32.6 Å². The van der Waals surface area contributed by atoms with Gasteiger partial charge in [-0.1, -0.05) is 34.1 Å². The average Bonchev–Trinajstić information content (AvgIpc) is 2.17. The van der Waals surface area contributed by atoms with Gasteiger partial charge in [-0.2, -0.15) is 0 Å². The zero-order valence-corrected chi connectivity index (χ0v) is 9.58. The van der Waals surface area contributed by atoms with E-state index < -0.39 is 0 Å². The lowest BCUT2D eigenvalue weighted by Crippen LogP contribution is -2.29. The summed E-state index contributed by atoms with van der Waals surface area (Å²) < 4.78 is 0. The minimum absolute atomic E-state index is 0.120. The fourth-order valence-corrected chi connectivity index (χ4v) is 1.41. The first kappa shape index (κ1) is 12.9. The molecule has 2 unspecified atom stereocenters. The second-order valence-electron chi connectivity index (χ2n) is 3.77. The number of aliphatic hydroxyl groups excluding tert-OH is 1. The SMILES string of the molecule is CCC(C)C(O)CCN(CC)CC. The van der Waals surface area contributed by atoms with Crippen LogP contribution in [0, 0.1) is 5.92 Å². The molecule has 0 amide bonds. The van der Waals surface area contributed by atoms with E-state index in [9.17, 15) is 5.11 Å². The van der Waals surface area contributed by atoms with Crippen molar-refractivity contribution in [2.45, 2.75) is 46.6 Å². The Hall–Kier alpha value is -0.0800. The van der Waals surface area contributed by atoms with Crippen LogP contribution in [0.2, 0.25) is 0 Å². The highest BCUT2D eigenvalue weighted by molar-refractivity contribution is 4.65. The van der Waals surface area contributed by atoms with Gasteiger partial charge in [0.15, 0.2) is 0 Å². The van der Waals surface area contributed by atoms with E-state index in [0.29, 0.717) is 5.92 Å². The van der Waals surface area contributed by atoms with Crippen molar-refractivity contribution in [3.05, 3.63) is 0 Å². The molecule has 0 rings (SSSR count). The molecule has 0 heterocycles. The maximum Gasteiger partial charge on any atom is 0.0577 e. The quantitative estimate of drug-likeness (QED) is 0.660. The molecule has 0 saturated heterocycles. The molecule has 0 aliphatic rings. The van der Waals surface area contributed by atoms with Crippen LogP contribution in [0.3, 0.4) is 0 Å².